The Labute approximate surface area is 114 Å². The summed E-state index contributed by atoms with van der Waals surface area (Å²) in [5.41, 5.74) is 0. The second kappa shape index (κ2) is 5.72. The summed E-state index contributed by atoms with van der Waals surface area (Å²) in [5.74, 6) is 2.06. The van der Waals surface area contributed by atoms with Gasteiger partial charge in [-0.1, -0.05) is 20.3 Å². The number of aryl methyl sites for hydroxylation is 1. The van der Waals surface area contributed by atoms with Crippen molar-refractivity contribution in [3.63, 3.8) is 0 Å². The van der Waals surface area contributed by atoms with E-state index in [0.717, 1.165) is 18.2 Å². The third-order valence-corrected chi connectivity index (χ3v) is 4.36. The van der Waals surface area contributed by atoms with Crippen molar-refractivity contribution in [1.29, 1.82) is 0 Å². The summed E-state index contributed by atoms with van der Waals surface area (Å²) in [4.78, 5) is 11.9. The van der Waals surface area contributed by atoms with Crippen LogP contribution in [0.5, 0.6) is 0 Å². The van der Waals surface area contributed by atoms with Gasteiger partial charge in [0.05, 0.1) is 6.61 Å². The Morgan fingerprint density at radius 3 is 2.68 bits per heavy atom. The molecule has 1 aromatic rings. The van der Waals surface area contributed by atoms with E-state index < -0.39 is 0 Å². The second-order valence-corrected chi connectivity index (χ2v) is 5.33. The van der Waals surface area contributed by atoms with E-state index in [1.165, 1.54) is 12.8 Å². The highest BCUT2D eigenvalue weighted by atomic mass is 16.5. The van der Waals surface area contributed by atoms with Crippen molar-refractivity contribution in [2.75, 3.05) is 6.61 Å². The third kappa shape index (κ3) is 2.51. The Balaban J connectivity index is 2.29. The van der Waals surface area contributed by atoms with Crippen LogP contribution >= 0.6 is 0 Å². The van der Waals surface area contributed by atoms with Crippen LogP contribution in [0, 0.1) is 18.8 Å². The summed E-state index contributed by atoms with van der Waals surface area (Å²) in [6.45, 7) is 8.57. The summed E-state index contributed by atoms with van der Waals surface area (Å²) >= 11 is 0. The summed E-state index contributed by atoms with van der Waals surface area (Å²) in [6.07, 6.45) is 3.49. The maximum Gasteiger partial charge on any atom is 0.376 e. The number of rotatable bonds is 4. The first-order valence-corrected chi connectivity index (χ1v) is 7.18. The van der Waals surface area contributed by atoms with Crippen molar-refractivity contribution in [2.24, 2.45) is 11.8 Å². The van der Waals surface area contributed by atoms with E-state index in [-0.39, 0.29) is 5.97 Å². The lowest BCUT2D eigenvalue weighted by molar-refractivity contribution is 0.0501. The highest BCUT2D eigenvalue weighted by Crippen LogP contribution is 2.42. The van der Waals surface area contributed by atoms with E-state index in [2.05, 4.69) is 24.0 Å². The van der Waals surface area contributed by atoms with Gasteiger partial charge >= 0.3 is 5.97 Å². The van der Waals surface area contributed by atoms with Gasteiger partial charge in [-0.2, -0.15) is 0 Å². The number of hydrogen-bond acceptors (Lipinski definition) is 4. The lowest BCUT2D eigenvalue weighted by atomic mass is 9.93. The fourth-order valence-electron chi connectivity index (χ4n) is 3.27. The minimum absolute atomic E-state index is 0.319. The van der Waals surface area contributed by atoms with E-state index in [9.17, 15) is 4.79 Å². The van der Waals surface area contributed by atoms with Gasteiger partial charge in [0.2, 0.25) is 5.82 Å². The molecule has 106 valence electrons. The maximum atomic E-state index is 11.9. The molecule has 1 fully saturated rings. The number of aromatic nitrogens is 3. The van der Waals surface area contributed by atoms with Crippen LogP contribution in [0.2, 0.25) is 0 Å². The van der Waals surface area contributed by atoms with E-state index >= 15 is 0 Å². The monoisotopic (exact) mass is 265 g/mol. The molecule has 5 heteroatoms. The SMILES string of the molecule is CCOC(=O)c1nnc(C)n1C1CCC(CC)C1C. The molecule has 1 aliphatic rings. The maximum absolute atomic E-state index is 11.9. The predicted octanol–water partition coefficient (Wildman–Crippen LogP) is 2.76. The molecule has 1 heterocycles. The molecule has 5 nitrogen and oxygen atoms in total. The molecule has 0 radical (unpaired) electrons. The summed E-state index contributed by atoms with van der Waals surface area (Å²) in [5, 5.41) is 8.06. The number of nitrogens with zero attached hydrogens (tertiary/aromatic N) is 3. The molecule has 0 spiro atoms. The zero-order chi connectivity index (χ0) is 14.0. The van der Waals surface area contributed by atoms with Crippen molar-refractivity contribution in [3.05, 3.63) is 11.6 Å². The number of esters is 1. The van der Waals surface area contributed by atoms with Crippen molar-refractivity contribution in [1.82, 2.24) is 14.8 Å². The third-order valence-electron chi connectivity index (χ3n) is 4.36. The summed E-state index contributed by atoms with van der Waals surface area (Å²) in [7, 11) is 0. The Hall–Kier alpha value is -1.39. The molecule has 0 saturated heterocycles. The van der Waals surface area contributed by atoms with Gasteiger partial charge in [0.25, 0.3) is 0 Å². The molecule has 3 atom stereocenters. The summed E-state index contributed by atoms with van der Waals surface area (Å²) in [6, 6.07) is 0.319. The number of carbonyl (C=O) groups is 1. The molecular formula is C14H23N3O2. The van der Waals surface area contributed by atoms with Crippen LogP contribution in [0.1, 0.15) is 62.5 Å². The minimum Gasteiger partial charge on any atom is -0.460 e. The van der Waals surface area contributed by atoms with Crippen LogP contribution in [-0.4, -0.2) is 27.3 Å². The topological polar surface area (TPSA) is 57.0 Å². The molecule has 0 N–H and O–H groups in total. The Morgan fingerprint density at radius 2 is 2.11 bits per heavy atom. The fourth-order valence-corrected chi connectivity index (χ4v) is 3.27. The van der Waals surface area contributed by atoms with Crippen LogP contribution in [0.15, 0.2) is 0 Å². The van der Waals surface area contributed by atoms with Crippen LogP contribution in [-0.2, 0) is 4.74 Å². The zero-order valence-electron chi connectivity index (χ0n) is 12.2. The van der Waals surface area contributed by atoms with Gasteiger partial charge < -0.3 is 9.30 Å². The van der Waals surface area contributed by atoms with E-state index in [1.54, 1.807) is 6.92 Å². The van der Waals surface area contributed by atoms with Crippen LogP contribution < -0.4 is 0 Å². The van der Waals surface area contributed by atoms with Gasteiger partial charge in [0.1, 0.15) is 5.82 Å². The molecule has 3 unspecified atom stereocenters. The molecule has 0 bridgehead atoms. The Morgan fingerprint density at radius 1 is 1.37 bits per heavy atom. The first kappa shape index (κ1) is 14.0. The van der Waals surface area contributed by atoms with Crippen LogP contribution in [0.4, 0.5) is 0 Å². The van der Waals surface area contributed by atoms with Crippen molar-refractivity contribution >= 4 is 5.97 Å². The average Bonchev–Trinajstić information content (AvgIpc) is 2.93. The molecule has 0 aliphatic heterocycles. The molecule has 0 aromatic carbocycles. The van der Waals surface area contributed by atoms with Crippen molar-refractivity contribution in [2.45, 2.75) is 53.0 Å². The van der Waals surface area contributed by atoms with Gasteiger partial charge in [0, 0.05) is 6.04 Å². The van der Waals surface area contributed by atoms with Crippen molar-refractivity contribution < 1.29 is 9.53 Å². The fraction of sp³-hybridized carbons (Fsp3) is 0.786. The van der Waals surface area contributed by atoms with E-state index in [4.69, 9.17) is 4.74 Å². The quantitative estimate of drug-likeness (QED) is 0.785. The average molecular weight is 265 g/mol. The lowest BCUT2D eigenvalue weighted by Crippen LogP contribution is -2.22. The number of hydrogen-bond donors (Lipinski definition) is 0. The number of carbonyl (C=O) groups excluding carboxylic acids is 1. The molecular weight excluding hydrogens is 242 g/mol. The molecule has 0 amide bonds. The largest absolute Gasteiger partial charge is 0.460 e. The Bertz CT molecular complexity index is 456. The van der Waals surface area contributed by atoms with Gasteiger partial charge in [-0.15, -0.1) is 10.2 Å². The molecule has 19 heavy (non-hydrogen) atoms. The van der Waals surface area contributed by atoms with E-state index in [1.807, 2.05) is 11.5 Å². The first-order valence-electron chi connectivity index (χ1n) is 7.18. The van der Waals surface area contributed by atoms with Crippen LogP contribution in [0.25, 0.3) is 0 Å². The number of ether oxygens (including phenoxy) is 1. The normalized spacial score (nSPS) is 26.6. The second-order valence-electron chi connectivity index (χ2n) is 5.33. The zero-order valence-corrected chi connectivity index (χ0v) is 12.2. The smallest absolute Gasteiger partial charge is 0.376 e. The molecule has 1 aliphatic carbocycles. The first-order chi connectivity index (χ1) is 9.10. The molecule has 1 aromatic heterocycles. The van der Waals surface area contributed by atoms with Gasteiger partial charge in [-0.25, -0.2) is 4.79 Å². The van der Waals surface area contributed by atoms with Gasteiger partial charge in [0.15, 0.2) is 0 Å². The Kier molecular flexibility index (Phi) is 4.22. The molecule has 2 rings (SSSR count). The predicted molar refractivity (Wildman–Crippen MR) is 71.9 cm³/mol. The summed E-state index contributed by atoms with van der Waals surface area (Å²) < 4.78 is 7.05. The van der Waals surface area contributed by atoms with E-state index in [0.29, 0.717) is 24.4 Å². The van der Waals surface area contributed by atoms with Gasteiger partial charge in [-0.05, 0) is 38.5 Å². The minimum atomic E-state index is -0.366. The molecule has 1 saturated carbocycles. The van der Waals surface area contributed by atoms with Gasteiger partial charge in [-0.3, -0.25) is 0 Å². The highest BCUT2D eigenvalue weighted by molar-refractivity contribution is 5.85. The lowest BCUT2D eigenvalue weighted by Gasteiger charge is -2.22. The van der Waals surface area contributed by atoms with Crippen molar-refractivity contribution in [3.8, 4) is 0 Å². The standard InChI is InChI=1S/C14H23N3O2/c1-5-11-7-8-12(9(11)3)17-10(4)15-16-13(17)14(18)19-6-2/h9,11-12H,5-8H2,1-4H3. The highest BCUT2D eigenvalue weighted by Gasteiger charge is 2.36. The van der Waals surface area contributed by atoms with Crippen LogP contribution in [0.3, 0.4) is 0 Å².